The molecule has 1 heterocycles. The van der Waals surface area contributed by atoms with Gasteiger partial charge in [-0.15, -0.1) is 10.2 Å². The second-order valence-corrected chi connectivity index (χ2v) is 5.06. The SMILES string of the molecule is N#Cc1cccc(NC(=O)c2ccc(Nc3ccccc3F)nn2)c1. The van der Waals surface area contributed by atoms with Gasteiger partial charge in [-0.05, 0) is 42.5 Å². The van der Waals surface area contributed by atoms with Crippen LogP contribution in [0.5, 0.6) is 0 Å². The number of amides is 1. The molecule has 1 amide bonds. The van der Waals surface area contributed by atoms with Gasteiger partial charge in [0.05, 0.1) is 17.3 Å². The summed E-state index contributed by atoms with van der Waals surface area (Å²) >= 11 is 0. The fraction of sp³-hybridized carbons (Fsp3) is 0. The van der Waals surface area contributed by atoms with Crippen LogP contribution in [-0.2, 0) is 0 Å². The van der Waals surface area contributed by atoms with Crippen LogP contribution in [0.25, 0.3) is 0 Å². The molecular formula is C18H12FN5O. The molecule has 0 spiro atoms. The number of hydrogen-bond acceptors (Lipinski definition) is 5. The second-order valence-electron chi connectivity index (χ2n) is 5.06. The van der Waals surface area contributed by atoms with E-state index in [1.165, 1.54) is 18.2 Å². The number of nitriles is 1. The molecule has 0 aliphatic heterocycles. The summed E-state index contributed by atoms with van der Waals surface area (Å²) in [6, 6.07) is 17.7. The molecule has 3 rings (SSSR count). The highest BCUT2D eigenvalue weighted by Gasteiger charge is 2.10. The lowest BCUT2D eigenvalue weighted by Crippen LogP contribution is -2.14. The Labute approximate surface area is 143 Å². The standard InChI is InChI=1S/C18H12FN5O/c19-14-6-1-2-7-15(14)22-17-9-8-16(23-24-17)18(25)21-13-5-3-4-12(10-13)11-20/h1-10H,(H,21,25)(H,22,24). The molecule has 3 aromatic rings. The van der Waals surface area contributed by atoms with Crippen molar-refractivity contribution in [3.05, 3.63) is 77.7 Å². The maximum Gasteiger partial charge on any atom is 0.276 e. The average molecular weight is 333 g/mol. The fourth-order valence-corrected chi connectivity index (χ4v) is 2.08. The van der Waals surface area contributed by atoms with Gasteiger partial charge in [-0.1, -0.05) is 18.2 Å². The summed E-state index contributed by atoms with van der Waals surface area (Å²) in [6.45, 7) is 0. The summed E-state index contributed by atoms with van der Waals surface area (Å²) in [4.78, 5) is 12.2. The largest absolute Gasteiger partial charge is 0.336 e. The summed E-state index contributed by atoms with van der Waals surface area (Å²) in [6.07, 6.45) is 0. The molecular weight excluding hydrogens is 321 g/mol. The Bertz CT molecular complexity index is 950. The predicted octanol–water partition coefficient (Wildman–Crippen LogP) is 3.48. The molecule has 0 saturated heterocycles. The van der Waals surface area contributed by atoms with Crippen molar-refractivity contribution in [3.8, 4) is 6.07 Å². The van der Waals surface area contributed by atoms with Crippen LogP contribution in [0.4, 0.5) is 21.6 Å². The van der Waals surface area contributed by atoms with E-state index >= 15 is 0 Å². The van der Waals surface area contributed by atoms with E-state index in [2.05, 4.69) is 20.8 Å². The Balaban J connectivity index is 1.70. The van der Waals surface area contributed by atoms with Gasteiger partial charge in [0.15, 0.2) is 11.5 Å². The lowest BCUT2D eigenvalue weighted by atomic mass is 10.2. The Morgan fingerprint density at radius 3 is 2.60 bits per heavy atom. The molecule has 6 nitrogen and oxygen atoms in total. The van der Waals surface area contributed by atoms with E-state index in [0.717, 1.165) is 0 Å². The molecule has 0 unspecified atom stereocenters. The van der Waals surface area contributed by atoms with Crippen LogP contribution in [0, 0.1) is 17.1 Å². The van der Waals surface area contributed by atoms with E-state index in [9.17, 15) is 9.18 Å². The van der Waals surface area contributed by atoms with Crippen LogP contribution >= 0.6 is 0 Å². The van der Waals surface area contributed by atoms with Crippen molar-refractivity contribution in [2.45, 2.75) is 0 Å². The van der Waals surface area contributed by atoms with Gasteiger partial charge in [-0.25, -0.2) is 4.39 Å². The highest BCUT2D eigenvalue weighted by Crippen LogP contribution is 2.17. The monoisotopic (exact) mass is 333 g/mol. The number of nitrogens with zero attached hydrogens (tertiary/aromatic N) is 3. The van der Waals surface area contributed by atoms with Crippen LogP contribution < -0.4 is 10.6 Å². The van der Waals surface area contributed by atoms with Crippen molar-refractivity contribution in [2.75, 3.05) is 10.6 Å². The first-order valence-electron chi connectivity index (χ1n) is 7.32. The summed E-state index contributed by atoms with van der Waals surface area (Å²) < 4.78 is 13.6. The van der Waals surface area contributed by atoms with E-state index < -0.39 is 11.7 Å². The third kappa shape index (κ3) is 3.95. The Kier molecular flexibility index (Phi) is 4.62. The van der Waals surface area contributed by atoms with Crippen molar-refractivity contribution in [3.63, 3.8) is 0 Å². The fourth-order valence-electron chi connectivity index (χ4n) is 2.08. The van der Waals surface area contributed by atoms with Crippen LogP contribution in [0.3, 0.4) is 0 Å². The molecule has 0 fully saturated rings. The highest BCUT2D eigenvalue weighted by atomic mass is 19.1. The van der Waals surface area contributed by atoms with E-state index in [0.29, 0.717) is 17.1 Å². The van der Waals surface area contributed by atoms with Gasteiger partial charge in [-0.3, -0.25) is 4.79 Å². The molecule has 2 aromatic carbocycles. The maximum absolute atomic E-state index is 13.6. The minimum absolute atomic E-state index is 0.0986. The number of carbonyl (C=O) groups excluding carboxylic acids is 1. The van der Waals surface area contributed by atoms with Gasteiger partial charge in [0.1, 0.15) is 5.82 Å². The predicted molar refractivity (Wildman–Crippen MR) is 90.8 cm³/mol. The van der Waals surface area contributed by atoms with Gasteiger partial charge < -0.3 is 10.6 Å². The molecule has 2 N–H and O–H groups in total. The van der Waals surface area contributed by atoms with Gasteiger partial charge in [0.25, 0.3) is 5.91 Å². The molecule has 0 atom stereocenters. The molecule has 122 valence electrons. The number of anilines is 3. The van der Waals surface area contributed by atoms with Gasteiger partial charge >= 0.3 is 0 Å². The number of halogens is 1. The normalized spacial score (nSPS) is 9.92. The smallest absolute Gasteiger partial charge is 0.276 e. The van der Waals surface area contributed by atoms with Crippen molar-refractivity contribution in [1.29, 1.82) is 5.26 Å². The number of aromatic nitrogens is 2. The van der Waals surface area contributed by atoms with Crippen molar-refractivity contribution in [2.24, 2.45) is 0 Å². The zero-order valence-corrected chi connectivity index (χ0v) is 12.9. The number of nitrogens with one attached hydrogen (secondary N) is 2. The van der Waals surface area contributed by atoms with Crippen LogP contribution in [0.1, 0.15) is 16.1 Å². The minimum atomic E-state index is -0.458. The molecule has 0 aliphatic rings. The number of rotatable bonds is 4. The number of para-hydroxylation sites is 1. The van der Waals surface area contributed by atoms with E-state index in [1.807, 2.05) is 6.07 Å². The van der Waals surface area contributed by atoms with Gasteiger partial charge in [0.2, 0.25) is 0 Å². The van der Waals surface area contributed by atoms with E-state index in [-0.39, 0.29) is 11.4 Å². The topological polar surface area (TPSA) is 90.7 Å². The third-order valence-electron chi connectivity index (χ3n) is 3.28. The second kappa shape index (κ2) is 7.19. The van der Waals surface area contributed by atoms with Gasteiger partial charge in [0, 0.05) is 5.69 Å². The van der Waals surface area contributed by atoms with E-state index in [1.54, 1.807) is 42.5 Å². The molecule has 1 aromatic heterocycles. The summed E-state index contributed by atoms with van der Waals surface area (Å²) in [5, 5.41) is 22.0. The molecule has 25 heavy (non-hydrogen) atoms. The molecule has 7 heteroatoms. The first-order valence-corrected chi connectivity index (χ1v) is 7.32. The minimum Gasteiger partial charge on any atom is -0.336 e. The molecule has 0 aliphatic carbocycles. The van der Waals surface area contributed by atoms with Gasteiger partial charge in [-0.2, -0.15) is 5.26 Å². The average Bonchev–Trinajstić information content (AvgIpc) is 2.64. The maximum atomic E-state index is 13.6. The lowest BCUT2D eigenvalue weighted by Gasteiger charge is -2.07. The summed E-state index contributed by atoms with van der Waals surface area (Å²) in [7, 11) is 0. The Morgan fingerprint density at radius 1 is 1.04 bits per heavy atom. The summed E-state index contributed by atoms with van der Waals surface area (Å²) in [5.41, 5.74) is 1.29. The zero-order chi connectivity index (χ0) is 17.6. The van der Waals surface area contributed by atoms with Crippen molar-refractivity contribution < 1.29 is 9.18 Å². The quantitative estimate of drug-likeness (QED) is 0.763. The molecule has 0 bridgehead atoms. The summed E-state index contributed by atoms with van der Waals surface area (Å²) in [5.74, 6) is -0.559. The number of benzene rings is 2. The zero-order valence-electron chi connectivity index (χ0n) is 12.9. The molecule has 0 saturated carbocycles. The highest BCUT2D eigenvalue weighted by molar-refractivity contribution is 6.02. The third-order valence-corrected chi connectivity index (χ3v) is 3.28. The number of hydrogen-bond donors (Lipinski definition) is 2. The molecule has 0 radical (unpaired) electrons. The number of carbonyl (C=O) groups is 1. The first-order chi connectivity index (χ1) is 12.2. The lowest BCUT2D eigenvalue weighted by molar-refractivity contribution is 0.102. The van der Waals surface area contributed by atoms with Crippen molar-refractivity contribution >= 4 is 23.1 Å². The van der Waals surface area contributed by atoms with E-state index in [4.69, 9.17) is 5.26 Å². The Morgan fingerprint density at radius 2 is 1.88 bits per heavy atom. The van der Waals surface area contributed by atoms with Crippen molar-refractivity contribution in [1.82, 2.24) is 10.2 Å². The first kappa shape index (κ1) is 16.1. The van der Waals surface area contributed by atoms with Crippen LogP contribution in [0.2, 0.25) is 0 Å². The van der Waals surface area contributed by atoms with Crippen LogP contribution in [0.15, 0.2) is 60.7 Å². The Hall–Kier alpha value is -3.79. The van der Waals surface area contributed by atoms with Crippen LogP contribution in [-0.4, -0.2) is 16.1 Å².